The average Bonchev–Trinajstić information content (AvgIpc) is 1.99. The second kappa shape index (κ2) is 4.83. The number of carbonyl (C=O) groups excluding carboxylic acids is 2. The van der Waals surface area contributed by atoms with Gasteiger partial charge in [-0.15, -0.1) is 0 Å². The summed E-state index contributed by atoms with van der Waals surface area (Å²) in [7, 11) is 1.22. The van der Waals surface area contributed by atoms with E-state index in [1.54, 1.807) is 13.8 Å². The predicted molar refractivity (Wildman–Crippen MR) is 48.8 cm³/mol. The van der Waals surface area contributed by atoms with E-state index in [0.29, 0.717) is 0 Å². The Bertz CT molecular complexity index is 219. The lowest BCUT2D eigenvalue weighted by molar-refractivity contribution is -0.161. The molecule has 0 saturated heterocycles. The van der Waals surface area contributed by atoms with Crippen molar-refractivity contribution in [2.24, 2.45) is 0 Å². The highest BCUT2D eigenvalue weighted by atomic mass is 16.7. The van der Waals surface area contributed by atoms with Crippen LogP contribution in [0.2, 0.25) is 0 Å². The third-order valence-corrected chi connectivity index (χ3v) is 1.35. The van der Waals surface area contributed by atoms with Gasteiger partial charge in [0.1, 0.15) is 0 Å². The van der Waals surface area contributed by atoms with E-state index in [0.717, 1.165) is 0 Å². The van der Waals surface area contributed by atoms with E-state index in [2.05, 4.69) is 4.74 Å². The van der Waals surface area contributed by atoms with Crippen LogP contribution in [0.4, 0.5) is 4.79 Å². The van der Waals surface area contributed by atoms with E-state index in [-0.39, 0.29) is 6.10 Å². The maximum absolute atomic E-state index is 11.1. The van der Waals surface area contributed by atoms with Crippen molar-refractivity contribution in [2.75, 3.05) is 7.11 Å². The minimum absolute atomic E-state index is 0.282. The van der Waals surface area contributed by atoms with Crippen molar-refractivity contribution in [2.45, 2.75) is 39.4 Å². The summed E-state index contributed by atoms with van der Waals surface area (Å²) in [6.07, 6.45) is -1.16. The molecule has 0 saturated carbocycles. The topological polar surface area (TPSA) is 61.8 Å². The maximum atomic E-state index is 11.1. The fraction of sp³-hybridized carbons (Fsp3) is 0.778. The molecule has 0 aromatic heterocycles. The number of esters is 1. The third kappa shape index (κ3) is 4.11. The molecule has 0 amide bonds. The molecule has 0 unspecified atom stereocenters. The molecule has 0 aliphatic carbocycles. The summed E-state index contributed by atoms with van der Waals surface area (Å²) in [5.41, 5.74) is -1.32. The highest BCUT2D eigenvalue weighted by molar-refractivity contribution is 5.81. The van der Waals surface area contributed by atoms with Gasteiger partial charge in [0.15, 0.2) is 0 Å². The molecule has 0 fully saturated rings. The van der Waals surface area contributed by atoms with Crippen LogP contribution in [0.15, 0.2) is 0 Å². The molecule has 82 valence electrons. The molecule has 0 aliphatic rings. The first-order valence-corrected chi connectivity index (χ1v) is 4.27. The van der Waals surface area contributed by atoms with E-state index in [1.807, 2.05) is 0 Å². The molecule has 0 atom stereocenters. The zero-order chi connectivity index (χ0) is 11.4. The first-order valence-electron chi connectivity index (χ1n) is 4.27. The van der Waals surface area contributed by atoms with Crippen molar-refractivity contribution in [3.8, 4) is 0 Å². The maximum Gasteiger partial charge on any atom is 0.509 e. The summed E-state index contributed by atoms with van der Waals surface area (Å²) in [5.74, 6) is -0.627. The van der Waals surface area contributed by atoms with E-state index >= 15 is 0 Å². The fourth-order valence-electron chi connectivity index (χ4n) is 0.712. The van der Waals surface area contributed by atoms with Gasteiger partial charge in [-0.1, -0.05) is 0 Å². The largest absolute Gasteiger partial charge is 0.509 e. The first-order chi connectivity index (χ1) is 6.29. The molecule has 0 radical (unpaired) electrons. The van der Waals surface area contributed by atoms with E-state index in [9.17, 15) is 9.59 Å². The zero-order valence-electron chi connectivity index (χ0n) is 9.12. The van der Waals surface area contributed by atoms with Crippen molar-refractivity contribution in [3.05, 3.63) is 0 Å². The van der Waals surface area contributed by atoms with Gasteiger partial charge in [-0.25, -0.2) is 9.59 Å². The lowest BCUT2D eigenvalue weighted by Crippen LogP contribution is -2.38. The van der Waals surface area contributed by atoms with Gasteiger partial charge in [0.05, 0.1) is 13.2 Å². The Kier molecular flexibility index (Phi) is 4.40. The summed E-state index contributed by atoms with van der Waals surface area (Å²) in [5, 5.41) is 0. The number of methoxy groups -OCH3 is 1. The van der Waals surface area contributed by atoms with E-state index in [4.69, 9.17) is 9.47 Å². The molecule has 0 bridgehead atoms. The molecule has 14 heavy (non-hydrogen) atoms. The van der Waals surface area contributed by atoms with Gasteiger partial charge in [0, 0.05) is 0 Å². The van der Waals surface area contributed by atoms with Crippen LogP contribution in [-0.2, 0) is 19.0 Å². The zero-order valence-corrected chi connectivity index (χ0v) is 9.12. The van der Waals surface area contributed by atoms with Crippen molar-refractivity contribution in [1.82, 2.24) is 0 Å². The van der Waals surface area contributed by atoms with Gasteiger partial charge < -0.3 is 14.2 Å². The molecule has 0 aliphatic heterocycles. The number of hydrogen-bond acceptors (Lipinski definition) is 5. The summed E-state index contributed by atoms with van der Waals surface area (Å²) in [4.78, 5) is 22.1. The summed E-state index contributed by atoms with van der Waals surface area (Å²) in [6, 6.07) is 0. The van der Waals surface area contributed by atoms with Crippen LogP contribution in [0.5, 0.6) is 0 Å². The van der Waals surface area contributed by atoms with Gasteiger partial charge in [-0.3, -0.25) is 0 Å². The van der Waals surface area contributed by atoms with Crippen LogP contribution in [-0.4, -0.2) is 30.9 Å². The lowest BCUT2D eigenvalue weighted by Gasteiger charge is -2.21. The molecule has 0 aromatic carbocycles. The van der Waals surface area contributed by atoms with Crippen LogP contribution < -0.4 is 0 Å². The average molecular weight is 204 g/mol. The van der Waals surface area contributed by atoms with Crippen LogP contribution in [0.3, 0.4) is 0 Å². The van der Waals surface area contributed by atoms with E-state index in [1.165, 1.54) is 21.0 Å². The van der Waals surface area contributed by atoms with Gasteiger partial charge in [-0.05, 0) is 27.7 Å². The number of rotatable bonds is 3. The lowest BCUT2D eigenvalue weighted by atomic mass is 10.1. The molecule has 0 rings (SSSR count). The Hall–Kier alpha value is -1.26. The van der Waals surface area contributed by atoms with E-state index < -0.39 is 17.7 Å². The minimum atomic E-state index is -1.32. The van der Waals surface area contributed by atoms with Crippen LogP contribution >= 0.6 is 0 Å². The predicted octanol–water partition coefficient (Wildman–Crippen LogP) is 1.50. The van der Waals surface area contributed by atoms with Gasteiger partial charge in [0.25, 0.3) is 0 Å². The van der Waals surface area contributed by atoms with Crippen LogP contribution in [0, 0.1) is 0 Å². The van der Waals surface area contributed by atoms with Crippen molar-refractivity contribution in [1.29, 1.82) is 0 Å². The molecular formula is C9H16O5. The van der Waals surface area contributed by atoms with Gasteiger partial charge >= 0.3 is 12.1 Å². The van der Waals surface area contributed by atoms with Crippen molar-refractivity contribution >= 4 is 12.1 Å². The standard InChI is InChI=1S/C9H16O5/c1-6(2)13-8(11)14-9(3,4)7(10)12-5/h6H,1-5H3. The Labute approximate surface area is 83.3 Å². The minimum Gasteiger partial charge on any atom is -0.466 e. The second-order valence-electron chi connectivity index (χ2n) is 3.52. The normalized spacial score (nSPS) is 11.0. The van der Waals surface area contributed by atoms with Gasteiger partial charge in [0.2, 0.25) is 5.60 Å². The van der Waals surface area contributed by atoms with Crippen molar-refractivity contribution < 1.29 is 23.8 Å². The molecule has 0 aromatic rings. The Morgan fingerprint density at radius 3 is 2.07 bits per heavy atom. The molecule has 0 N–H and O–H groups in total. The van der Waals surface area contributed by atoms with Crippen LogP contribution in [0.25, 0.3) is 0 Å². The summed E-state index contributed by atoms with van der Waals surface area (Å²) >= 11 is 0. The molecule has 5 nitrogen and oxygen atoms in total. The van der Waals surface area contributed by atoms with Gasteiger partial charge in [-0.2, -0.15) is 0 Å². The Balaban J connectivity index is 4.22. The highest BCUT2D eigenvalue weighted by Gasteiger charge is 2.34. The summed E-state index contributed by atoms with van der Waals surface area (Å²) < 4.78 is 13.9. The monoisotopic (exact) mass is 204 g/mol. The third-order valence-electron chi connectivity index (χ3n) is 1.35. The fourth-order valence-corrected chi connectivity index (χ4v) is 0.712. The molecule has 0 heterocycles. The SMILES string of the molecule is COC(=O)C(C)(C)OC(=O)OC(C)C. The Morgan fingerprint density at radius 1 is 1.21 bits per heavy atom. The second-order valence-corrected chi connectivity index (χ2v) is 3.52. The highest BCUT2D eigenvalue weighted by Crippen LogP contribution is 2.12. The Morgan fingerprint density at radius 2 is 1.71 bits per heavy atom. The number of carbonyl (C=O) groups is 2. The van der Waals surface area contributed by atoms with Crippen molar-refractivity contribution in [3.63, 3.8) is 0 Å². The number of ether oxygens (including phenoxy) is 3. The number of hydrogen-bond donors (Lipinski definition) is 0. The smallest absolute Gasteiger partial charge is 0.466 e. The first kappa shape index (κ1) is 12.7. The quantitative estimate of drug-likeness (QED) is 0.652. The van der Waals surface area contributed by atoms with Crippen LogP contribution in [0.1, 0.15) is 27.7 Å². The molecule has 5 heteroatoms. The summed E-state index contributed by atoms with van der Waals surface area (Å²) in [6.45, 7) is 6.24. The molecular weight excluding hydrogens is 188 g/mol. The molecule has 0 spiro atoms.